The van der Waals surface area contributed by atoms with Gasteiger partial charge in [0.25, 0.3) is 0 Å². The summed E-state index contributed by atoms with van der Waals surface area (Å²) in [7, 11) is 0. The molecule has 0 aromatic heterocycles. The second-order valence-electron chi connectivity index (χ2n) is 9.86. The molecule has 1 saturated heterocycles. The van der Waals surface area contributed by atoms with Gasteiger partial charge in [-0.15, -0.1) is 0 Å². The molecule has 7 heteroatoms. The molecule has 2 saturated carbocycles. The first kappa shape index (κ1) is 22.2. The Morgan fingerprint density at radius 2 is 1.84 bits per heavy atom. The predicted molar refractivity (Wildman–Crippen MR) is 111 cm³/mol. The lowest BCUT2D eigenvalue weighted by atomic mass is 9.49. The highest BCUT2D eigenvalue weighted by molar-refractivity contribution is 5.89. The monoisotopic (exact) mass is 432 g/mol. The van der Waals surface area contributed by atoms with Gasteiger partial charge in [0.2, 0.25) is 0 Å². The number of esters is 2. The van der Waals surface area contributed by atoms with Crippen LogP contribution in [0.5, 0.6) is 0 Å². The molecule has 3 fully saturated rings. The van der Waals surface area contributed by atoms with E-state index in [1.165, 1.54) is 6.92 Å². The van der Waals surface area contributed by atoms with Crippen molar-refractivity contribution in [2.75, 3.05) is 6.61 Å². The molecule has 31 heavy (non-hydrogen) atoms. The van der Waals surface area contributed by atoms with Crippen molar-refractivity contribution in [3.63, 3.8) is 0 Å². The van der Waals surface area contributed by atoms with Crippen molar-refractivity contribution in [3.8, 4) is 0 Å². The van der Waals surface area contributed by atoms with Gasteiger partial charge in [0.05, 0.1) is 34.9 Å². The Bertz CT molecular complexity index is 853. The highest BCUT2D eigenvalue weighted by Gasteiger charge is 2.77. The van der Waals surface area contributed by atoms with Gasteiger partial charge in [0.15, 0.2) is 6.10 Å². The number of hydrogen-bond donors (Lipinski definition) is 2. The van der Waals surface area contributed by atoms with Gasteiger partial charge in [-0.3, -0.25) is 4.79 Å². The minimum absolute atomic E-state index is 0.0172. The molecule has 0 radical (unpaired) electrons. The third-order valence-corrected chi connectivity index (χ3v) is 7.92. The molecule has 0 amide bonds. The lowest BCUT2D eigenvalue weighted by molar-refractivity contribution is -0.284. The largest absolute Gasteiger partial charge is 0.458 e. The van der Waals surface area contributed by atoms with Crippen LogP contribution in [0.2, 0.25) is 0 Å². The second-order valence-corrected chi connectivity index (χ2v) is 9.86. The molecule has 170 valence electrons. The molecular formula is C24H32O7. The standard InChI is InChI=1S/C24H32O7/c1-14-10-11-18(27)23(13-25)20(30-21(28)16-8-6-5-7-9-16)19(29-15(2)26)17-12-24(14,23)31-22(17,3)4/h5-9,14,17-20,25,27H,10-13H2,1-4H3. The third-order valence-electron chi connectivity index (χ3n) is 7.92. The lowest BCUT2D eigenvalue weighted by Crippen LogP contribution is -2.73. The van der Waals surface area contributed by atoms with E-state index in [1.807, 2.05) is 13.8 Å². The van der Waals surface area contributed by atoms with Crippen molar-refractivity contribution < 1.29 is 34.0 Å². The van der Waals surface area contributed by atoms with E-state index in [9.17, 15) is 19.8 Å². The SMILES string of the molecule is CC(=O)OC1C2CC3(OC2(C)C)C(C)CCC(O)C3(CO)C1OC(=O)c1ccccc1. The quantitative estimate of drug-likeness (QED) is 0.705. The average molecular weight is 433 g/mol. The van der Waals surface area contributed by atoms with E-state index in [-0.39, 0.29) is 11.8 Å². The normalized spacial score (nSPS) is 40.6. The Hall–Kier alpha value is -1.96. The number of benzene rings is 1. The van der Waals surface area contributed by atoms with E-state index in [1.54, 1.807) is 30.3 Å². The summed E-state index contributed by atoms with van der Waals surface area (Å²) in [5.74, 6) is -1.33. The van der Waals surface area contributed by atoms with Crippen molar-refractivity contribution in [2.24, 2.45) is 17.3 Å². The number of rotatable bonds is 4. The Balaban J connectivity index is 1.86. The summed E-state index contributed by atoms with van der Waals surface area (Å²) in [6.07, 6.45) is -1.20. The lowest BCUT2D eigenvalue weighted by Gasteiger charge is -2.61. The van der Waals surface area contributed by atoms with E-state index in [2.05, 4.69) is 6.92 Å². The van der Waals surface area contributed by atoms with Crippen molar-refractivity contribution in [1.82, 2.24) is 0 Å². The molecule has 1 spiro atoms. The molecule has 1 aromatic rings. The fourth-order valence-corrected chi connectivity index (χ4v) is 6.43. The molecule has 7 atom stereocenters. The molecule has 1 aliphatic heterocycles. The zero-order chi connectivity index (χ0) is 22.6. The van der Waals surface area contributed by atoms with Gasteiger partial charge in [-0.25, -0.2) is 4.79 Å². The van der Waals surface area contributed by atoms with Gasteiger partial charge in [0.1, 0.15) is 6.10 Å². The Labute approximate surface area is 182 Å². The topological polar surface area (TPSA) is 102 Å². The number of aliphatic hydroxyl groups excluding tert-OH is 2. The summed E-state index contributed by atoms with van der Waals surface area (Å²) in [6, 6.07) is 8.55. The van der Waals surface area contributed by atoms with E-state index < -0.39 is 53.5 Å². The Morgan fingerprint density at radius 3 is 2.45 bits per heavy atom. The number of ether oxygens (including phenoxy) is 3. The minimum atomic E-state index is -1.31. The molecule has 1 heterocycles. The van der Waals surface area contributed by atoms with E-state index in [0.717, 1.165) is 6.42 Å². The van der Waals surface area contributed by atoms with Crippen LogP contribution in [0.15, 0.2) is 30.3 Å². The van der Waals surface area contributed by atoms with Crippen LogP contribution in [-0.2, 0) is 19.0 Å². The average Bonchev–Trinajstić information content (AvgIpc) is 2.98. The molecular weight excluding hydrogens is 400 g/mol. The van der Waals surface area contributed by atoms with Crippen LogP contribution in [0.1, 0.15) is 57.3 Å². The first-order valence-corrected chi connectivity index (χ1v) is 11.0. The molecule has 7 unspecified atom stereocenters. The van der Waals surface area contributed by atoms with Gasteiger partial charge in [0, 0.05) is 12.8 Å². The molecule has 7 nitrogen and oxygen atoms in total. The number of hydrogen-bond acceptors (Lipinski definition) is 7. The first-order valence-electron chi connectivity index (χ1n) is 11.0. The number of carbonyl (C=O) groups excluding carboxylic acids is 2. The van der Waals surface area contributed by atoms with Crippen LogP contribution in [0.3, 0.4) is 0 Å². The highest BCUT2D eigenvalue weighted by atomic mass is 16.6. The molecule has 4 rings (SSSR count). The zero-order valence-corrected chi connectivity index (χ0v) is 18.5. The fraction of sp³-hybridized carbons (Fsp3) is 0.667. The van der Waals surface area contributed by atoms with Crippen molar-refractivity contribution >= 4 is 11.9 Å². The number of fused-ring (bicyclic) bond motifs is 1. The third kappa shape index (κ3) is 3.12. The van der Waals surface area contributed by atoms with Crippen LogP contribution in [0.25, 0.3) is 0 Å². The summed E-state index contributed by atoms with van der Waals surface area (Å²) in [5, 5.41) is 22.1. The van der Waals surface area contributed by atoms with E-state index in [4.69, 9.17) is 14.2 Å². The van der Waals surface area contributed by atoms with Crippen LogP contribution in [-0.4, -0.2) is 58.3 Å². The zero-order valence-electron chi connectivity index (χ0n) is 18.5. The van der Waals surface area contributed by atoms with Gasteiger partial charge in [-0.05, 0) is 51.2 Å². The number of aliphatic hydroxyl groups is 2. The molecule has 2 bridgehead atoms. The van der Waals surface area contributed by atoms with Crippen molar-refractivity contribution in [2.45, 2.75) is 76.5 Å². The van der Waals surface area contributed by atoms with Gasteiger partial charge >= 0.3 is 11.9 Å². The maximum atomic E-state index is 13.1. The fourth-order valence-electron chi connectivity index (χ4n) is 6.43. The maximum absolute atomic E-state index is 13.1. The minimum Gasteiger partial charge on any atom is -0.458 e. The molecule has 1 aromatic carbocycles. The van der Waals surface area contributed by atoms with Crippen LogP contribution in [0, 0.1) is 17.3 Å². The summed E-state index contributed by atoms with van der Waals surface area (Å²) in [5.41, 5.74) is -2.55. The number of carbonyl (C=O) groups is 2. The smallest absolute Gasteiger partial charge is 0.338 e. The predicted octanol–water partition coefficient (Wildman–Crippen LogP) is 2.48. The van der Waals surface area contributed by atoms with Gasteiger partial charge in [-0.2, -0.15) is 0 Å². The van der Waals surface area contributed by atoms with Crippen LogP contribution < -0.4 is 0 Å². The Morgan fingerprint density at radius 1 is 1.16 bits per heavy atom. The summed E-state index contributed by atoms with van der Waals surface area (Å²) in [6.45, 7) is 6.77. The van der Waals surface area contributed by atoms with Gasteiger partial charge < -0.3 is 24.4 Å². The Kier molecular flexibility index (Phi) is 5.43. The highest BCUT2D eigenvalue weighted by Crippen LogP contribution is 2.66. The van der Waals surface area contributed by atoms with Crippen molar-refractivity contribution in [3.05, 3.63) is 35.9 Å². The maximum Gasteiger partial charge on any atom is 0.338 e. The van der Waals surface area contributed by atoms with Crippen LogP contribution in [0.4, 0.5) is 0 Å². The molecule has 2 N–H and O–H groups in total. The van der Waals surface area contributed by atoms with E-state index >= 15 is 0 Å². The summed E-state index contributed by atoms with van der Waals surface area (Å²) in [4.78, 5) is 25.2. The summed E-state index contributed by atoms with van der Waals surface area (Å²) >= 11 is 0. The molecule has 2 aliphatic carbocycles. The van der Waals surface area contributed by atoms with Crippen molar-refractivity contribution in [1.29, 1.82) is 0 Å². The second kappa shape index (κ2) is 7.57. The van der Waals surface area contributed by atoms with E-state index in [0.29, 0.717) is 18.4 Å². The molecule has 3 aliphatic rings. The summed E-state index contributed by atoms with van der Waals surface area (Å²) < 4.78 is 18.4. The van der Waals surface area contributed by atoms with Crippen LogP contribution >= 0.6 is 0 Å². The first-order chi connectivity index (χ1) is 14.6. The van der Waals surface area contributed by atoms with Gasteiger partial charge in [-0.1, -0.05) is 25.1 Å².